The molecule has 0 unspecified atom stereocenters. The van der Waals surface area contributed by atoms with E-state index in [0.29, 0.717) is 12.5 Å². The first-order chi connectivity index (χ1) is 9.43. The summed E-state index contributed by atoms with van der Waals surface area (Å²) in [5, 5.41) is 0. The summed E-state index contributed by atoms with van der Waals surface area (Å²) < 4.78 is 0. The Morgan fingerprint density at radius 1 is 1.25 bits per heavy atom. The Morgan fingerprint density at radius 2 is 1.95 bits per heavy atom. The highest BCUT2D eigenvalue weighted by molar-refractivity contribution is 5.47. The predicted octanol–water partition coefficient (Wildman–Crippen LogP) is 1.92. The summed E-state index contributed by atoms with van der Waals surface area (Å²) in [6.45, 7) is 10.4. The largest absolute Gasteiger partial charge is 0.355 e. The number of aromatic nitrogens is 1. The molecular weight excluding hydrogens is 248 g/mol. The van der Waals surface area contributed by atoms with Crippen molar-refractivity contribution in [2.45, 2.75) is 27.2 Å². The van der Waals surface area contributed by atoms with Gasteiger partial charge in [0, 0.05) is 25.8 Å². The van der Waals surface area contributed by atoms with Crippen LogP contribution in [0.4, 0.5) is 5.82 Å². The topological polar surface area (TPSA) is 45.4 Å². The number of likely N-dealkylation sites (N-methyl/N-ethyl adjacent to an activating group) is 1. The van der Waals surface area contributed by atoms with E-state index in [1.54, 1.807) is 0 Å². The van der Waals surface area contributed by atoms with Gasteiger partial charge < -0.3 is 15.5 Å². The van der Waals surface area contributed by atoms with Crippen molar-refractivity contribution in [3.63, 3.8) is 0 Å². The van der Waals surface area contributed by atoms with E-state index in [0.717, 1.165) is 31.9 Å². The van der Waals surface area contributed by atoms with E-state index in [2.05, 4.69) is 55.7 Å². The lowest BCUT2D eigenvalue weighted by Gasteiger charge is -2.28. The molecule has 0 radical (unpaired) electrons. The van der Waals surface area contributed by atoms with E-state index >= 15 is 0 Å². The van der Waals surface area contributed by atoms with Crippen molar-refractivity contribution in [2.75, 3.05) is 45.2 Å². The van der Waals surface area contributed by atoms with E-state index in [1.165, 1.54) is 11.1 Å². The van der Waals surface area contributed by atoms with Gasteiger partial charge in [-0.05, 0) is 51.0 Å². The van der Waals surface area contributed by atoms with Crippen LogP contribution in [0.1, 0.15) is 25.0 Å². The lowest BCUT2D eigenvalue weighted by molar-refractivity contribution is 0.408. The third-order valence-electron chi connectivity index (χ3n) is 3.24. The summed E-state index contributed by atoms with van der Waals surface area (Å²) in [5.74, 6) is 1.74. The molecule has 1 heterocycles. The zero-order valence-corrected chi connectivity index (χ0v) is 13.7. The molecule has 0 aliphatic rings. The molecule has 0 atom stereocenters. The second kappa shape index (κ2) is 8.22. The van der Waals surface area contributed by atoms with Crippen molar-refractivity contribution in [2.24, 2.45) is 11.7 Å². The molecule has 0 spiro atoms. The second-order valence-electron chi connectivity index (χ2n) is 6.17. The zero-order chi connectivity index (χ0) is 15.1. The number of pyridine rings is 1. The molecule has 4 nitrogen and oxygen atoms in total. The molecule has 0 amide bonds. The van der Waals surface area contributed by atoms with E-state index in [-0.39, 0.29) is 0 Å². The second-order valence-corrected chi connectivity index (χ2v) is 6.17. The van der Waals surface area contributed by atoms with Crippen LogP contribution in [-0.2, 0) is 6.42 Å². The van der Waals surface area contributed by atoms with Gasteiger partial charge in [-0.1, -0.05) is 19.9 Å². The van der Waals surface area contributed by atoms with Gasteiger partial charge in [-0.3, -0.25) is 0 Å². The minimum atomic E-state index is 0.627. The van der Waals surface area contributed by atoms with E-state index in [1.807, 2.05) is 6.20 Å². The summed E-state index contributed by atoms with van der Waals surface area (Å²) >= 11 is 0. The van der Waals surface area contributed by atoms with Gasteiger partial charge >= 0.3 is 0 Å². The van der Waals surface area contributed by atoms with Crippen molar-refractivity contribution in [3.05, 3.63) is 23.4 Å². The maximum Gasteiger partial charge on any atom is 0.131 e. The number of hydrogen-bond acceptors (Lipinski definition) is 4. The Bertz CT molecular complexity index is 401. The first-order valence-corrected chi connectivity index (χ1v) is 7.49. The molecular formula is C16H30N4. The number of nitrogens with zero attached hydrogens (tertiary/aromatic N) is 3. The van der Waals surface area contributed by atoms with E-state index in [4.69, 9.17) is 5.73 Å². The zero-order valence-electron chi connectivity index (χ0n) is 13.7. The molecule has 0 saturated heterocycles. The van der Waals surface area contributed by atoms with Gasteiger partial charge in [0.25, 0.3) is 0 Å². The minimum absolute atomic E-state index is 0.627. The van der Waals surface area contributed by atoms with Crippen LogP contribution in [0.15, 0.2) is 12.3 Å². The van der Waals surface area contributed by atoms with Crippen molar-refractivity contribution >= 4 is 5.82 Å². The van der Waals surface area contributed by atoms with Gasteiger partial charge in [-0.15, -0.1) is 0 Å². The van der Waals surface area contributed by atoms with Crippen LogP contribution >= 0.6 is 0 Å². The maximum absolute atomic E-state index is 5.61. The van der Waals surface area contributed by atoms with Crippen LogP contribution in [0.3, 0.4) is 0 Å². The smallest absolute Gasteiger partial charge is 0.131 e. The number of rotatable bonds is 8. The van der Waals surface area contributed by atoms with Crippen LogP contribution in [-0.4, -0.2) is 50.2 Å². The van der Waals surface area contributed by atoms with Crippen molar-refractivity contribution in [1.29, 1.82) is 0 Å². The molecule has 2 N–H and O–H groups in total. The highest BCUT2D eigenvalue weighted by Gasteiger charge is 2.13. The monoisotopic (exact) mass is 278 g/mol. The molecule has 0 aromatic carbocycles. The van der Waals surface area contributed by atoms with Crippen molar-refractivity contribution < 1.29 is 0 Å². The standard InChI is InChI=1S/C16H30N4/c1-13(2)12-20(9-8-19(4)5)16-14(3)10-15(6-7-17)11-18-16/h10-11,13H,6-9,12,17H2,1-5H3. The Labute approximate surface area is 124 Å². The van der Waals surface area contributed by atoms with Crippen LogP contribution in [0, 0.1) is 12.8 Å². The summed E-state index contributed by atoms with van der Waals surface area (Å²) in [4.78, 5) is 9.29. The molecule has 20 heavy (non-hydrogen) atoms. The predicted molar refractivity (Wildman–Crippen MR) is 87.3 cm³/mol. The molecule has 1 aromatic rings. The fourth-order valence-corrected chi connectivity index (χ4v) is 2.31. The number of nitrogens with two attached hydrogens (primary N) is 1. The summed E-state index contributed by atoms with van der Waals surface area (Å²) in [6.07, 6.45) is 2.87. The van der Waals surface area contributed by atoms with Gasteiger partial charge in [-0.25, -0.2) is 4.98 Å². The first-order valence-electron chi connectivity index (χ1n) is 7.49. The van der Waals surface area contributed by atoms with Crippen molar-refractivity contribution in [3.8, 4) is 0 Å². The van der Waals surface area contributed by atoms with Gasteiger partial charge in [0.2, 0.25) is 0 Å². The molecule has 0 aliphatic carbocycles. The third-order valence-corrected chi connectivity index (χ3v) is 3.24. The lowest BCUT2D eigenvalue weighted by atomic mass is 10.1. The fraction of sp³-hybridized carbons (Fsp3) is 0.688. The maximum atomic E-state index is 5.61. The lowest BCUT2D eigenvalue weighted by Crippen LogP contribution is -2.35. The van der Waals surface area contributed by atoms with E-state index < -0.39 is 0 Å². The van der Waals surface area contributed by atoms with Gasteiger partial charge in [0.05, 0.1) is 0 Å². The molecule has 1 rings (SSSR count). The van der Waals surface area contributed by atoms with Crippen LogP contribution < -0.4 is 10.6 Å². The highest BCUT2D eigenvalue weighted by atomic mass is 15.2. The van der Waals surface area contributed by atoms with Crippen molar-refractivity contribution in [1.82, 2.24) is 9.88 Å². The molecule has 0 fully saturated rings. The Morgan fingerprint density at radius 3 is 2.45 bits per heavy atom. The molecule has 114 valence electrons. The normalized spacial score (nSPS) is 11.4. The van der Waals surface area contributed by atoms with Crippen LogP contribution in [0.25, 0.3) is 0 Å². The van der Waals surface area contributed by atoms with Gasteiger partial charge in [0.15, 0.2) is 0 Å². The molecule has 4 heteroatoms. The minimum Gasteiger partial charge on any atom is -0.355 e. The Hall–Kier alpha value is -1.13. The SMILES string of the molecule is Cc1cc(CCN)cnc1N(CCN(C)C)CC(C)C. The quantitative estimate of drug-likeness (QED) is 0.789. The Kier molecular flexibility index (Phi) is 6.96. The third kappa shape index (κ3) is 5.47. The Balaban J connectivity index is 2.88. The number of aryl methyl sites for hydroxylation is 1. The fourth-order valence-electron chi connectivity index (χ4n) is 2.31. The molecule has 1 aromatic heterocycles. The molecule has 0 aliphatic heterocycles. The molecule has 0 bridgehead atoms. The first kappa shape index (κ1) is 16.9. The molecule has 0 saturated carbocycles. The summed E-state index contributed by atoms with van der Waals surface area (Å²) in [7, 11) is 4.22. The summed E-state index contributed by atoms with van der Waals surface area (Å²) in [6, 6.07) is 2.22. The highest BCUT2D eigenvalue weighted by Crippen LogP contribution is 2.19. The van der Waals surface area contributed by atoms with E-state index in [9.17, 15) is 0 Å². The van der Waals surface area contributed by atoms with Gasteiger partial charge in [0.1, 0.15) is 5.82 Å². The van der Waals surface area contributed by atoms with Crippen LogP contribution in [0.2, 0.25) is 0 Å². The van der Waals surface area contributed by atoms with Crippen LogP contribution in [0.5, 0.6) is 0 Å². The average molecular weight is 278 g/mol. The summed E-state index contributed by atoms with van der Waals surface area (Å²) in [5.41, 5.74) is 8.08. The average Bonchev–Trinajstić information content (AvgIpc) is 2.35. The number of anilines is 1. The van der Waals surface area contributed by atoms with Gasteiger partial charge in [-0.2, -0.15) is 0 Å². The number of hydrogen-bond donors (Lipinski definition) is 1.